The van der Waals surface area contributed by atoms with Crippen molar-refractivity contribution in [2.75, 3.05) is 0 Å². The second-order valence-corrected chi connectivity index (χ2v) is 4.65. The molecular weight excluding hydrogens is 296 g/mol. The Morgan fingerprint density at radius 3 is 0.900 bits per heavy atom. The predicted octanol–water partition coefficient (Wildman–Crippen LogP) is 3.99. The summed E-state index contributed by atoms with van der Waals surface area (Å²) in [6.45, 7) is 12.2. The maximum Gasteiger partial charge on any atom is 0.273 e. The number of aliphatic hydroxyl groups is 1. The van der Waals surface area contributed by atoms with E-state index in [1.165, 1.54) is 25.7 Å². The molecule has 0 saturated carbocycles. The van der Waals surface area contributed by atoms with E-state index in [9.17, 15) is 0 Å². The Labute approximate surface area is 135 Å². The first-order chi connectivity index (χ1) is 9.02. The lowest BCUT2D eigenvalue weighted by Gasteiger charge is -1.80. The molecule has 0 aliphatic heterocycles. The van der Waals surface area contributed by atoms with E-state index in [4.69, 9.17) is 14.7 Å². The quantitative estimate of drug-likeness (QED) is 0.494. The zero-order chi connectivity index (χ0) is 17.6. The van der Waals surface area contributed by atoms with E-state index in [1.807, 2.05) is 0 Å². The Bertz CT molecular complexity index is 150. The molecule has 20 heavy (non-hydrogen) atoms. The highest BCUT2D eigenvalue weighted by Gasteiger charge is 1.69. The van der Waals surface area contributed by atoms with Crippen LogP contribution in [0.25, 0.3) is 0 Å². The van der Waals surface area contributed by atoms with Crippen LogP contribution in [0.1, 0.15) is 67.2 Å². The Morgan fingerprint density at radius 1 is 0.850 bits per heavy atom. The van der Waals surface area contributed by atoms with Crippen molar-refractivity contribution in [2.45, 2.75) is 73.3 Å². The highest BCUT2D eigenvalue weighted by atomic mass is 32.1. The number of carbonyl (C=O) groups excluding carboxylic acids is 2. The highest BCUT2D eigenvalue weighted by molar-refractivity contribution is 7.96. The van der Waals surface area contributed by atoms with Crippen LogP contribution in [0.4, 0.5) is 9.59 Å². The van der Waals surface area contributed by atoms with E-state index in [0.717, 1.165) is 0 Å². The van der Waals surface area contributed by atoms with E-state index in [2.05, 4.69) is 64.4 Å². The summed E-state index contributed by atoms with van der Waals surface area (Å²) in [6, 6.07) is 0. The van der Waals surface area contributed by atoms with Gasteiger partial charge in [0.25, 0.3) is 10.5 Å². The molecule has 0 fully saturated rings. The van der Waals surface area contributed by atoms with Crippen LogP contribution in [0.3, 0.4) is 0 Å². The zero-order valence-corrected chi connectivity index (χ0v) is 15.5. The Morgan fingerprint density at radius 2 is 0.900 bits per heavy atom. The maximum absolute atomic E-state index is 9.09. The van der Waals surface area contributed by atoms with Gasteiger partial charge < -0.3 is 16.6 Å². The number of primary amides is 2. The van der Waals surface area contributed by atoms with Crippen molar-refractivity contribution in [3.8, 4) is 0 Å². The van der Waals surface area contributed by atoms with E-state index in [1.54, 1.807) is 13.8 Å². The van der Waals surface area contributed by atoms with E-state index < -0.39 is 10.5 Å². The molecule has 0 aliphatic rings. The number of nitrogens with two attached hydrogens (primary N) is 2. The van der Waals surface area contributed by atoms with Crippen LogP contribution in [-0.2, 0) is 0 Å². The summed E-state index contributed by atoms with van der Waals surface area (Å²) in [7, 11) is 0. The highest BCUT2D eigenvalue weighted by Crippen LogP contribution is 1.77. The van der Waals surface area contributed by atoms with Crippen molar-refractivity contribution < 1.29 is 14.7 Å². The molecule has 0 rings (SSSR count). The minimum atomic E-state index is -0.639. The fourth-order valence-corrected chi connectivity index (χ4v) is 0. The minimum Gasteiger partial charge on any atom is -0.394 e. The van der Waals surface area contributed by atoms with Crippen LogP contribution >= 0.6 is 25.3 Å². The number of carbonyl (C=O) groups is 2. The lowest BCUT2D eigenvalue weighted by Crippen LogP contribution is -1.95. The average Bonchev–Trinajstić information content (AvgIpc) is 2.26. The van der Waals surface area contributed by atoms with Gasteiger partial charge in [0, 0.05) is 6.10 Å². The standard InChI is InChI=1S/2C4H10.C3H8O.2CH3NOS/c2*1-3-4-2;1-3(2)4;2*2-1(3)4/h2*3-4H2,1-2H3;3-4H,1-2H3;2*(H3,2,3,4). The third kappa shape index (κ3) is 1890. The third-order valence-electron chi connectivity index (χ3n) is 1.000. The molecule has 5 N–H and O–H groups in total. The number of hydrogen-bond acceptors (Lipinski definition) is 3. The fourth-order valence-electron chi connectivity index (χ4n) is 0. The molecule has 0 radical (unpaired) electrons. The van der Waals surface area contributed by atoms with Crippen LogP contribution in [0.15, 0.2) is 0 Å². The molecule has 0 spiro atoms. The van der Waals surface area contributed by atoms with Crippen LogP contribution in [0.5, 0.6) is 0 Å². The molecule has 0 unspecified atom stereocenters. The third-order valence-corrected chi connectivity index (χ3v) is 1.000. The van der Waals surface area contributed by atoms with Crippen LogP contribution in [0.2, 0.25) is 0 Å². The van der Waals surface area contributed by atoms with Gasteiger partial charge in [-0.1, -0.05) is 78.6 Å². The number of unbranched alkanes of at least 4 members (excludes halogenated alkanes) is 2. The number of rotatable bonds is 2. The SMILES string of the molecule is CC(C)O.CCCC.CCCC.NC(=O)S.NC(=O)S. The zero-order valence-electron chi connectivity index (χ0n) is 13.7. The topological polar surface area (TPSA) is 106 Å². The summed E-state index contributed by atoms with van der Waals surface area (Å²) in [4.78, 5) is 18.2. The van der Waals surface area contributed by atoms with E-state index in [0.29, 0.717) is 0 Å². The molecule has 7 heteroatoms. The van der Waals surface area contributed by atoms with Gasteiger partial charge >= 0.3 is 0 Å². The molecule has 0 bridgehead atoms. The molecule has 0 aromatic heterocycles. The summed E-state index contributed by atoms with van der Waals surface area (Å²) in [6.07, 6.45) is 5.11. The van der Waals surface area contributed by atoms with Gasteiger partial charge in [0.2, 0.25) is 0 Å². The fraction of sp³-hybridized carbons (Fsp3) is 0.846. The summed E-state index contributed by atoms with van der Waals surface area (Å²) in [5, 5.41) is 6.78. The van der Waals surface area contributed by atoms with Gasteiger partial charge in [0.05, 0.1) is 0 Å². The molecule has 0 atom stereocenters. The second-order valence-electron chi connectivity index (χ2n) is 3.77. The van der Waals surface area contributed by atoms with Gasteiger partial charge in [-0.2, -0.15) is 0 Å². The van der Waals surface area contributed by atoms with Crippen molar-refractivity contribution in [1.29, 1.82) is 0 Å². The largest absolute Gasteiger partial charge is 0.394 e. The molecule has 2 amide bonds. The summed E-state index contributed by atoms with van der Waals surface area (Å²) in [5.41, 5.74) is 8.67. The van der Waals surface area contributed by atoms with Crippen molar-refractivity contribution in [3.05, 3.63) is 0 Å². The number of thiol groups is 2. The first kappa shape index (κ1) is 31.8. The van der Waals surface area contributed by atoms with Crippen molar-refractivity contribution in [3.63, 3.8) is 0 Å². The van der Waals surface area contributed by atoms with Crippen LogP contribution < -0.4 is 11.5 Å². The summed E-state index contributed by atoms with van der Waals surface area (Å²) in [5.74, 6) is 0. The van der Waals surface area contributed by atoms with Gasteiger partial charge in [0.15, 0.2) is 0 Å². The van der Waals surface area contributed by atoms with Gasteiger partial charge in [-0.3, -0.25) is 9.59 Å². The number of aliphatic hydroxyl groups excluding tert-OH is 1. The van der Waals surface area contributed by atoms with E-state index in [-0.39, 0.29) is 6.10 Å². The number of hydrogen-bond donors (Lipinski definition) is 5. The molecule has 0 saturated heterocycles. The molecule has 126 valence electrons. The van der Waals surface area contributed by atoms with Gasteiger partial charge in [-0.15, -0.1) is 0 Å². The monoisotopic (exact) mass is 330 g/mol. The van der Waals surface area contributed by atoms with Crippen molar-refractivity contribution in [1.82, 2.24) is 0 Å². The first-order valence-corrected chi connectivity index (χ1v) is 7.57. The summed E-state index contributed by atoms with van der Waals surface area (Å²) < 4.78 is 0. The Hall–Kier alpha value is -0.400. The van der Waals surface area contributed by atoms with Gasteiger partial charge in [-0.25, -0.2) is 0 Å². The Balaban J connectivity index is -0.0000000469. The van der Waals surface area contributed by atoms with Crippen LogP contribution in [-0.4, -0.2) is 21.7 Å². The van der Waals surface area contributed by atoms with Gasteiger partial charge in [-0.05, 0) is 13.8 Å². The van der Waals surface area contributed by atoms with Crippen molar-refractivity contribution >= 4 is 35.7 Å². The van der Waals surface area contributed by atoms with Crippen molar-refractivity contribution in [2.24, 2.45) is 11.5 Å². The van der Waals surface area contributed by atoms with Crippen LogP contribution in [0, 0.1) is 0 Å². The average molecular weight is 331 g/mol. The molecule has 0 heterocycles. The maximum atomic E-state index is 9.09. The van der Waals surface area contributed by atoms with Gasteiger partial charge in [0.1, 0.15) is 0 Å². The molecular formula is C13H34N2O3S2. The lowest BCUT2D eigenvalue weighted by molar-refractivity contribution is 0.216. The first-order valence-electron chi connectivity index (χ1n) is 6.67. The second kappa shape index (κ2) is 36.3. The molecule has 0 aromatic carbocycles. The molecule has 0 aromatic rings. The molecule has 5 nitrogen and oxygen atoms in total. The summed E-state index contributed by atoms with van der Waals surface area (Å²) >= 11 is 6.21. The molecule has 0 aliphatic carbocycles. The minimum absolute atomic E-state index is 0.167. The lowest BCUT2D eigenvalue weighted by atomic mass is 10.4. The van der Waals surface area contributed by atoms with E-state index >= 15 is 0 Å². The predicted molar refractivity (Wildman–Crippen MR) is 95.7 cm³/mol. The number of amides is 2. The smallest absolute Gasteiger partial charge is 0.273 e. The normalized spacial score (nSPS) is 7.30. The Kier molecular flexibility index (Phi) is 57.7.